The molecule has 0 saturated heterocycles. The Morgan fingerprint density at radius 3 is 2.14 bits per heavy atom. The van der Waals surface area contributed by atoms with Crippen molar-refractivity contribution in [3.8, 4) is 0 Å². The van der Waals surface area contributed by atoms with E-state index in [0.29, 0.717) is 0 Å². The third-order valence-corrected chi connectivity index (χ3v) is 3.81. The molecule has 0 aliphatic rings. The van der Waals surface area contributed by atoms with Gasteiger partial charge in [-0.3, -0.25) is 0 Å². The first-order chi connectivity index (χ1) is 6.39. The average Bonchev–Trinajstić information content (AvgIpc) is 2.17. The molecule has 0 atom stereocenters. The van der Waals surface area contributed by atoms with Crippen molar-refractivity contribution >= 4 is 9.84 Å². The van der Waals surface area contributed by atoms with Gasteiger partial charge in [-0.2, -0.15) is 0 Å². The van der Waals surface area contributed by atoms with E-state index in [2.05, 4.69) is 5.32 Å². The molecule has 6 heteroatoms. The zero-order valence-corrected chi connectivity index (χ0v) is 9.47. The van der Waals surface area contributed by atoms with Gasteiger partial charge in [-0.15, -0.1) is 0 Å². The van der Waals surface area contributed by atoms with Gasteiger partial charge in [0.05, 0.1) is 24.5 Å². The molecular weight excluding hydrogens is 206 g/mol. The second kappa shape index (κ2) is 5.65. The lowest BCUT2D eigenvalue weighted by Gasteiger charge is -2.26. The molecule has 3 N–H and O–H groups in total. The molecule has 0 amide bonds. The molecule has 0 radical (unpaired) electrons. The normalized spacial score (nSPS) is 13.1. The van der Waals surface area contributed by atoms with Crippen LogP contribution >= 0.6 is 0 Å². The van der Waals surface area contributed by atoms with Gasteiger partial charge in [0.1, 0.15) is 0 Å². The Hall–Kier alpha value is -0.170. The number of sulfone groups is 1. The van der Waals surface area contributed by atoms with Crippen molar-refractivity contribution in [3.05, 3.63) is 0 Å². The summed E-state index contributed by atoms with van der Waals surface area (Å²) in [6.45, 7) is 3.01. The van der Waals surface area contributed by atoms with Crippen LogP contribution in [0.25, 0.3) is 0 Å². The van der Waals surface area contributed by atoms with E-state index >= 15 is 0 Å². The van der Waals surface area contributed by atoms with Crippen LogP contribution < -0.4 is 5.32 Å². The van der Waals surface area contributed by atoms with E-state index in [1.165, 1.54) is 0 Å². The zero-order valence-electron chi connectivity index (χ0n) is 8.65. The quantitative estimate of drug-likeness (QED) is 0.504. The SMILES string of the molecule is CCS(=O)(=O)CCNC(C)(CO)CO. The monoisotopic (exact) mass is 225 g/mol. The first-order valence-electron chi connectivity index (χ1n) is 4.56. The van der Waals surface area contributed by atoms with Crippen LogP contribution in [0.15, 0.2) is 0 Å². The van der Waals surface area contributed by atoms with E-state index in [9.17, 15) is 8.42 Å². The molecule has 5 nitrogen and oxygen atoms in total. The van der Waals surface area contributed by atoms with Crippen molar-refractivity contribution in [1.29, 1.82) is 0 Å². The number of aliphatic hydroxyl groups is 2. The standard InChI is InChI=1S/C8H19NO4S/c1-3-14(12,13)5-4-9-8(2,6-10)7-11/h9-11H,3-7H2,1-2H3. The molecule has 0 saturated carbocycles. The third kappa shape index (κ3) is 4.90. The molecule has 0 aromatic heterocycles. The van der Waals surface area contributed by atoms with Crippen LogP contribution in [0.4, 0.5) is 0 Å². The fraction of sp³-hybridized carbons (Fsp3) is 1.00. The van der Waals surface area contributed by atoms with Crippen molar-refractivity contribution < 1.29 is 18.6 Å². The highest BCUT2D eigenvalue weighted by atomic mass is 32.2. The first kappa shape index (κ1) is 13.8. The van der Waals surface area contributed by atoms with Gasteiger partial charge in [-0.1, -0.05) is 6.92 Å². The largest absolute Gasteiger partial charge is 0.394 e. The molecule has 86 valence electrons. The molecule has 0 heterocycles. The van der Waals surface area contributed by atoms with Crippen LogP contribution in [-0.2, 0) is 9.84 Å². The maximum Gasteiger partial charge on any atom is 0.151 e. The lowest BCUT2D eigenvalue weighted by atomic mass is 10.1. The minimum absolute atomic E-state index is 0.0269. The minimum atomic E-state index is -2.98. The molecule has 0 unspecified atom stereocenters. The van der Waals surface area contributed by atoms with Crippen LogP contribution in [0, 0.1) is 0 Å². The van der Waals surface area contributed by atoms with E-state index in [0.717, 1.165) is 0 Å². The Morgan fingerprint density at radius 2 is 1.79 bits per heavy atom. The van der Waals surface area contributed by atoms with Gasteiger partial charge in [0.2, 0.25) is 0 Å². The third-order valence-electron chi connectivity index (χ3n) is 2.10. The number of hydrogen-bond donors (Lipinski definition) is 3. The van der Waals surface area contributed by atoms with E-state index in [1.54, 1.807) is 13.8 Å². The van der Waals surface area contributed by atoms with Gasteiger partial charge < -0.3 is 15.5 Å². The molecule has 0 fully saturated rings. The van der Waals surface area contributed by atoms with Crippen molar-refractivity contribution in [2.75, 3.05) is 31.3 Å². The van der Waals surface area contributed by atoms with Gasteiger partial charge in [0.15, 0.2) is 9.84 Å². The molecule has 14 heavy (non-hydrogen) atoms. The molecule has 0 spiro atoms. The summed E-state index contributed by atoms with van der Waals surface area (Å²) in [5, 5.41) is 20.6. The average molecular weight is 225 g/mol. The summed E-state index contributed by atoms with van der Waals surface area (Å²) in [4.78, 5) is 0. The lowest BCUT2D eigenvalue weighted by molar-refractivity contribution is 0.106. The number of aliphatic hydroxyl groups excluding tert-OH is 2. The fourth-order valence-electron chi connectivity index (χ4n) is 0.814. The predicted octanol–water partition coefficient (Wildman–Crippen LogP) is -1.25. The molecule has 0 aliphatic carbocycles. The minimum Gasteiger partial charge on any atom is -0.394 e. The molecule has 0 aliphatic heterocycles. The highest BCUT2D eigenvalue weighted by molar-refractivity contribution is 7.91. The Balaban J connectivity index is 3.96. The van der Waals surface area contributed by atoms with Crippen LogP contribution in [0.2, 0.25) is 0 Å². The summed E-state index contributed by atoms with van der Waals surface area (Å²) >= 11 is 0. The Kier molecular flexibility index (Phi) is 5.58. The van der Waals surface area contributed by atoms with E-state index in [1.807, 2.05) is 0 Å². The summed E-state index contributed by atoms with van der Waals surface area (Å²) < 4.78 is 22.2. The van der Waals surface area contributed by atoms with Gasteiger partial charge in [0, 0.05) is 12.3 Å². The number of rotatable bonds is 7. The molecule has 0 aromatic carbocycles. The summed E-state index contributed by atoms with van der Waals surface area (Å²) in [6.07, 6.45) is 0. The van der Waals surface area contributed by atoms with Crippen molar-refractivity contribution in [2.45, 2.75) is 19.4 Å². The van der Waals surface area contributed by atoms with Crippen LogP contribution in [0.3, 0.4) is 0 Å². The van der Waals surface area contributed by atoms with E-state index < -0.39 is 15.4 Å². The maximum absolute atomic E-state index is 11.1. The summed E-state index contributed by atoms with van der Waals surface area (Å²) in [5.41, 5.74) is -0.802. The Morgan fingerprint density at radius 1 is 1.29 bits per heavy atom. The summed E-state index contributed by atoms with van der Waals surface area (Å²) in [5.74, 6) is 0.142. The molecule has 0 aromatic rings. The van der Waals surface area contributed by atoms with Crippen molar-refractivity contribution in [2.24, 2.45) is 0 Å². The lowest BCUT2D eigenvalue weighted by Crippen LogP contribution is -2.50. The fourth-order valence-corrected chi connectivity index (χ4v) is 1.52. The van der Waals surface area contributed by atoms with Crippen molar-refractivity contribution in [1.82, 2.24) is 5.32 Å². The molecule has 0 bridgehead atoms. The molecular formula is C8H19NO4S. The predicted molar refractivity (Wildman–Crippen MR) is 54.9 cm³/mol. The summed E-state index contributed by atoms with van der Waals surface area (Å²) in [6, 6.07) is 0. The second-order valence-electron chi connectivity index (χ2n) is 3.54. The second-order valence-corrected chi connectivity index (χ2v) is 6.01. The van der Waals surface area contributed by atoms with E-state index in [4.69, 9.17) is 10.2 Å². The number of hydrogen-bond acceptors (Lipinski definition) is 5. The van der Waals surface area contributed by atoms with E-state index in [-0.39, 0.29) is 31.3 Å². The van der Waals surface area contributed by atoms with Gasteiger partial charge in [-0.25, -0.2) is 8.42 Å². The summed E-state index contributed by atoms with van der Waals surface area (Å²) in [7, 11) is -2.98. The van der Waals surface area contributed by atoms with Crippen LogP contribution in [-0.4, -0.2) is 55.4 Å². The maximum atomic E-state index is 11.1. The first-order valence-corrected chi connectivity index (χ1v) is 6.38. The van der Waals surface area contributed by atoms with Crippen molar-refractivity contribution in [3.63, 3.8) is 0 Å². The van der Waals surface area contributed by atoms with Crippen LogP contribution in [0.5, 0.6) is 0 Å². The van der Waals surface area contributed by atoms with Gasteiger partial charge >= 0.3 is 0 Å². The van der Waals surface area contributed by atoms with Gasteiger partial charge in [-0.05, 0) is 6.92 Å². The Bertz CT molecular complexity index is 246. The van der Waals surface area contributed by atoms with Crippen LogP contribution in [0.1, 0.15) is 13.8 Å². The molecule has 0 rings (SSSR count). The zero-order chi connectivity index (χ0) is 11.2. The highest BCUT2D eigenvalue weighted by Gasteiger charge is 2.21. The highest BCUT2D eigenvalue weighted by Crippen LogP contribution is 2.00. The smallest absolute Gasteiger partial charge is 0.151 e. The topological polar surface area (TPSA) is 86.6 Å². The van der Waals surface area contributed by atoms with Gasteiger partial charge in [0.25, 0.3) is 0 Å². The number of nitrogens with one attached hydrogen (secondary N) is 1. The Labute approximate surface area is 85.1 Å².